The Kier molecular flexibility index (Phi) is 5.65. The third kappa shape index (κ3) is 3.91. The molecule has 3 rings (SSSR count). The summed E-state index contributed by atoms with van der Waals surface area (Å²) in [6.45, 7) is 10.9. The highest BCUT2D eigenvalue weighted by Gasteiger charge is 2.56. The number of piperidine rings is 1. The maximum atomic E-state index is 13.1. The minimum absolute atomic E-state index is 0.0256. The van der Waals surface area contributed by atoms with Crippen molar-refractivity contribution in [1.29, 1.82) is 0 Å². The first-order valence-electron chi connectivity index (χ1n) is 10.0. The highest BCUT2D eigenvalue weighted by molar-refractivity contribution is 5.95. The molecule has 1 aliphatic carbocycles. The minimum atomic E-state index is 0.0256. The van der Waals surface area contributed by atoms with Gasteiger partial charge in [-0.05, 0) is 44.6 Å². The van der Waals surface area contributed by atoms with E-state index >= 15 is 0 Å². The van der Waals surface area contributed by atoms with E-state index in [1.54, 1.807) is 7.11 Å². The maximum absolute atomic E-state index is 13.1. The topological polar surface area (TPSA) is 63.6 Å². The number of nitrogens with one attached hydrogen (secondary N) is 1. The molecule has 1 N–H and O–H groups in total. The Morgan fingerprint density at radius 3 is 2.56 bits per heavy atom. The molecule has 2 heterocycles. The van der Waals surface area contributed by atoms with Gasteiger partial charge in [-0.3, -0.25) is 9.59 Å². The Morgan fingerprint density at radius 1 is 1.30 bits per heavy atom. The van der Waals surface area contributed by atoms with Crippen LogP contribution >= 0.6 is 0 Å². The molecule has 1 atom stereocenters. The number of methoxy groups -OCH3 is 1. The molecule has 2 fully saturated rings. The number of aromatic nitrogens is 1. The van der Waals surface area contributed by atoms with Crippen LogP contribution in [0.1, 0.15) is 54.9 Å². The van der Waals surface area contributed by atoms with Crippen LogP contribution in [0.3, 0.4) is 0 Å². The van der Waals surface area contributed by atoms with Gasteiger partial charge in [-0.2, -0.15) is 0 Å². The molecule has 1 aromatic heterocycles. The van der Waals surface area contributed by atoms with Gasteiger partial charge >= 0.3 is 0 Å². The van der Waals surface area contributed by atoms with E-state index in [0.717, 1.165) is 55.8 Å². The zero-order valence-electron chi connectivity index (χ0n) is 17.3. The number of hydrogen-bond acceptors (Lipinski definition) is 3. The number of carbonyl (C=O) groups excluding carboxylic acids is 2. The second-order valence-corrected chi connectivity index (χ2v) is 8.50. The lowest BCUT2D eigenvalue weighted by Crippen LogP contribution is -2.42. The largest absolute Gasteiger partial charge is 0.383 e. The highest BCUT2D eigenvalue weighted by atomic mass is 16.5. The van der Waals surface area contributed by atoms with Crippen molar-refractivity contribution in [2.75, 3.05) is 26.8 Å². The molecule has 6 nitrogen and oxygen atoms in total. The summed E-state index contributed by atoms with van der Waals surface area (Å²) in [4.78, 5) is 27.0. The molecule has 0 radical (unpaired) electrons. The lowest BCUT2D eigenvalue weighted by Gasteiger charge is -2.33. The third-order valence-electron chi connectivity index (χ3n) is 6.40. The molecule has 1 unspecified atom stereocenters. The summed E-state index contributed by atoms with van der Waals surface area (Å²) in [5, 5.41) is 3.17. The first kappa shape index (κ1) is 19.9. The Hall–Kier alpha value is -1.82. The quantitative estimate of drug-likeness (QED) is 0.831. The minimum Gasteiger partial charge on any atom is -0.383 e. The normalized spacial score (nSPS) is 21.0. The van der Waals surface area contributed by atoms with Gasteiger partial charge in [0.15, 0.2) is 0 Å². The summed E-state index contributed by atoms with van der Waals surface area (Å²) in [5.41, 5.74) is 3.14. The van der Waals surface area contributed by atoms with Crippen molar-refractivity contribution in [2.45, 2.75) is 59.5 Å². The fraction of sp³-hybridized carbons (Fsp3) is 0.714. The van der Waals surface area contributed by atoms with Crippen molar-refractivity contribution in [3.8, 4) is 0 Å². The molecule has 2 aliphatic rings. The van der Waals surface area contributed by atoms with E-state index < -0.39 is 0 Å². The van der Waals surface area contributed by atoms with Crippen LogP contribution < -0.4 is 5.32 Å². The SMILES string of the molecule is COCCn1c(C)cc(C(=O)N2CCC3(CC2)CC3NC(=O)C(C)C)c1C. The van der Waals surface area contributed by atoms with Gasteiger partial charge in [-0.15, -0.1) is 0 Å². The van der Waals surface area contributed by atoms with E-state index in [0.29, 0.717) is 12.6 Å². The zero-order chi connectivity index (χ0) is 19.8. The van der Waals surface area contributed by atoms with Crippen LogP contribution in [0.2, 0.25) is 0 Å². The second-order valence-electron chi connectivity index (χ2n) is 8.50. The van der Waals surface area contributed by atoms with Crippen LogP contribution in [0.15, 0.2) is 6.07 Å². The Balaban J connectivity index is 1.59. The Bertz CT molecular complexity index is 714. The number of ether oxygens (including phenoxy) is 1. The van der Waals surface area contributed by atoms with Gasteiger partial charge in [0.2, 0.25) is 5.91 Å². The second kappa shape index (κ2) is 7.66. The number of hydrogen-bond donors (Lipinski definition) is 1. The maximum Gasteiger partial charge on any atom is 0.255 e. The molecule has 2 amide bonds. The third-order valence-corrected chi connectivity index (χ3v) is 6.40. The summed E-state index contributed by atoms with van der Waals surface area (Å²) in [6.07, 6.45) is 3.01. The smallest absolute Gasteiger partial charge is 0.255 e. The van der Waals surface area contributed by atoms with Crippen molar-refractivity contribution in [1.82, 2.24) is 14.8 Å². The average Bonchev–Trinajstić information content (AvgIpc) is 3.20. The predicted molar refractivity (Wildman–Crippen MR) is 105 cm³/mol. The Labute approximate surface area is 162 Å². The highest BCUT2D eigenvalue weighted by Crippen LogP contribution is 2.54. The van der Waals surface area contributed by atoms with E-state index in [2.05, 4.69) is 9.88 Å². The fourth-order valence-electron chi connectivity index (χ4n) is 4.31. The van der Waals surface area contributed by atoms with Gasteiger partial charge in [-0.25, -0.2) is 0 Å². The monoisotopic (exact) mass is 375 g/mol. The van der Waals surface area contributed by atoms with Crippen LogP contribution in [0.5, 0.6) is 0 Å². The number of aryl methyl sites for hydroxylation is 1. The zero-order valence-corrected chi connectivity index (χ0v) is 17.3. The molecular formula is C21H33N3O3. The predicted octanol–water partition coefficient (Wildman–Crippen LogP) is 2.52. The molecule has 0 aromatic carbocycles. The van der Waals surface area contributed by atoms with Crippen LogP contribution in [0.4, 0.5) is 0 Å². The van der Waals surface area contributed by atoms with Gasteiger partial charge in [0, 0.05) is 50.1 Å². The van der Waals surface area contributed by atoms with Crippen LogP contribution in [-0.2, 0) is 16.1 Å². The van der Waals surface area contributed by atoms with Crippen LogP contribution in [0, 0.1) is 25.2 Å². The van der Waals surface area contributed by atoms with E-state index in [-0.39, 0.29) is 23.1 Å². The van der Waals surface area contributed by atoms with Gasteiger partial charge in [0.1, 0.15) is 0 Å². The summed E-state index contributed by atoms with van der Waals surface area (Å²) in [7, 11) is 1.69. The fourth-order valence-corrected chi connectivity index (χ4v) is 4.31. The van der Waals surface area contributed by atoms with E-state index in [9.17, 15) is 9.59 Å². The first-order valence-corrected chi connectivity index (χ1v) is 10.0. The number of nitrogens with zero attached hydrogens (tertiary/aromatic N) is 2. The summed E-state index contributed by atoms with van der Waals surface area (Å²) < 4.78 is 7.33. The van der Waals surface area contributed by atoms with E-state index in [1.807, 2.05) is 38.7 Å². The summed E-state index contributed by atoms with van der Waals surface area (Å²) in [6, 6.07) is 2.30. The molecule has 6 heteroatoms. The first-order chi connectivity index (χ1) is 12.8. The molecule has 1 aliphatic heterocycles. The van der Waals surface area contributed by atoms with Crippen LogP contribution in [0.25, 0.3) is 0 Å². The van der Waals surface area contributed by atoms with Crippen molar-refractivity contribution in [2.24, 2.45) is 11.3 Å². The van der Waals surface area contributed by atoms with Crippen molar-refractivity contribution in [3.63, 3.8) is 0 Å². The molecule has 1 spiro atoms. The van der Waals surface area contributed by atoms with E-state index in [4.69, 9.17) is 4.74 Å². The lowest BCUT2D eigenvalue weighted by atomic mass is 9.92. The number of carbonyl (C=O) groups is 2. The van der Waals surface area contributed by atoms with Gasteiger partial charge < -0.3 is 19.5 Å². The molecule has 1 saturated carbocycles. The molecule has 1 saturated heterocycles. The number of amides is 2. The molecule has 27 heavy (non-hydrogen) atoms. The van der Waals surface area contributed by atoms with Crippen molar-refractivity contribution in [3.05, 3.63) is 23.0 Å². The van der Waals surface area contributed by atoms with Gasteiger partial charge in [0.05, 0.1) is 12.2 Å². The summed E-state index contributed by atoms with van der Waals surface area (Å²) >= 11 is 0. The van der Waals surface area contributed by atoms with Gasteiger partial charge in [-0.1, -0.05) is 13.8 Å². The van der Waals surface area contributed by atoms with Crippen molar-refractivity contribution < 1.29 is 14.3 Å². The standard InChI is InChI=1S/C21H33N3O3/c1-14(2)19(25)22-18-13-21(18)6-8-23(9-7-21)20(26)17-12-15(3)24(16(17)4)10-11-27-5/h12,14,18H,6-11,13H2,1-5H3,(H,22,25). The molecule has 1 aromatic rings. The summed E-state index contributed by atoms with van der Waals surface area (Å²) in [5.74, 6) is 0.293. The van der Waals surface area contributed by atoms with Crippen molar-refractivity contribution >= 4 is 11.8 Å². The molecule has 150 valence electrons. The Morgan fingerprint density at radius 2 is 1.96 bits per heavy atom. The van der Waals surface area contributed by atoms with Gasteiger partial charge in [0.25, 0.3) is 5.91 Å². The van der Waals surface area contributed by atoms with E-state index in [1.165, 1.54) is 0 Å². The average molecular weight is 376 g/mol. The van der Waals surface area contributed by atoms with Crippen LogP contribution in [-0.4, -0.2) is 54.1 Å². The number of likely N-dealkylation sites (tertiary alicyclic amines) is 1. The number of rotatable bonds is 6. The lowest BCUT2D eigenvalue weighted by molar-refractivity contribution is -0.124. The molecule has 0 bridgehead atoms. The molecular weight excluding hydrogens is 342 g/mol.